The van der Waals surface area contributed by atoms with Gasteiger partial charge in [0.05, 0.1) is 11.1 Å². The fourth-order valence-corrected chi connectivity index (χ4v) is 5.75. The van der Waals surface area contributed by atoms with Crippen LogP contribution < -0.4 is 11.3 Å². The molecule has 2 aromatic heterocycles. The number of primary amides is 1. The van der Waals surface area contributed by atoms with Crippen LogP contribution in [-0.2, 0) is 24.2 Å². The number of thiophene rings is 1. The van der Waals surface area contributed by atoms with Gasteiger partial charge in [0.25, 0.3) is 5.56 Å². The molecule has 0 bridgehead atoms. The molecule has 0 unspecified atom stereocenters. The van der Waals surface area contributed by atoms with E-state index in [1.54, 1.807) is 15.9 Å². The Kier molecular flexibility index (Phi) is 5.49. The number of aryl methyl sites for hydroxylation is 1. The molecule has 0 radical (unpaired) electrons. The Morgan fingerprint density at radius 1 is 1.42 bits per heavy atom. The quantitative estimate of drug-likeness (QED) is 0.622. The van der Waals surface area contributed by atoms with Crippen molar-refractivity contribution in [2.45, 2.75) is 65.1 Å². The van der Waals surface area contributed by atoms with Crippen LogP contribution in [0.4, 0.5) is 0 Å². The van der Waals surface area contributed by atoms with Crippen molar-refractivity contribution in [3.63, 3.8) is 0 Å². The largest absolute Gasteiger partial charge is 0.369 e. The smallest absolute Gasteiger partial charge is 0.263 e. The molecule has 1 aliphatic carbocycles. The van der Waals surface area contributed by atoms with E-state index in [2.05, 4.69) is 20.8 Å². The number of carbonyl (C=O) groups is 1. The van der Waals surface area contributed by atoms with Crippen LogP contribution in [0.2, 0.25) is 0 Å². The number of aromatic nitrogens is 2. The van der Waals surface area contributed by atoms with Crippen molar-refractivity contribution in [2.24, 2.45) is 17.1 Å². The van der Waals surface area contributed by atoms with E-state index in [0.717, 1.165) is 35.9 Å². The van der Waals surface area contributed by atoms with Crippen molar-refractivity contribution < 1.29 is 4.79 Å². The second kappa shape index (κ2) is 7.35. The van der Waals surface area contributed by atoms with Gasteiger partial charge in [0, 0.05) is 11.4 Å². The normalized spacial score (nSPS) is 17.5. The molecule has 0 spiro atoms. The van der Waals surface area contributed by atoms with Crippen molar-refractivity contribution in [2.75, 3.05) is 5.75 Å². The van der Waals surface area contributed by atoms with Gasteiger partial charge in [-0.1, -0.05) is 39.5 Å². The van der Waals surface area contributed by atoms with Crippen LogP contribution in [0.5, 0.6) is 0 Å². The number of amides is 1. The maximum Gasteiger partial charge on any atom is 0.263 e. The van der Waals surface area contributed by atoms with Crippen LogP contribution in [-0.4, -0.2) is 21.2 Å². The Morgan fingerprint density at radius 2 is 2.15 bits per heavy atom. The zero-order valence-corrected chi connectivity index (χ0v) is 17.6. The summed E-state index contributed by atoms with van der Waals surface area (Å²) in [6.07, 6.45) is 3.94. The standard InChI is InChI=1S/C19H27N3O2S2/c1-5-8-22-17(24)15-12-7-6-11(19(2,3)4)9-13(12)26-16(15)21-18(22)25-10-14(20)23/h11H,5-10H2,1-4H3,(H2,20,23)/t11-/m1/s1. The molecule has 1 aliphatic rings. The molecule has 2 N–H and O–H groups in total. The lowest BCUT2D eigenvalue weighted by molar-refractivity contribution is -0.115. The van der Waals surface area contributed by atoms with Crippen molar-refractivity contribution in [3.05, 3.63) is 20.8 Å². The molecule has 3 rings (SSSR count). The lowest BCUT2D eigenvalue weighted by atomic mass is 9.72. The third kappa shape index (κ3) is 3.69. The van der Waals surface area contributed by atoms with E-state index in [0.29, 0.717) is 17.6 Å². The van der Waals surface area contributed by atoms with Crippen molar-refractivity contribution in [1.29, 1.82) is 0 Å². The van der Waals surface area contributed by atoms with Gasteiger partial charge in [0.1, 0.15) is 4.83 Å². The van der Waals surface area contributed by atoms with Gasteiger partial charge in [-0.05, 0) is 42.6 Å². The number of hydrogen-bond acceptors (Lipinski definition) is 5. The average molecular weight is 394 g/mol. The minimum atomic E-state index is -0.397. The van der Waals surface area contributed by atoms with E-state index in [9.17, 15) is 9.59 Å². The molecule has 0 saturated heterocycles. The summed E-state index contributed by atoms with van der Waals surface area (Å²) in [4.78, 5) is 31.2. The zero-order chi connectivity index (χ0) is 19.1. The summed E-state index contributed by atoms with van der Waals surface area (Å²) in [5.74, 6) is 0.370. The summed E-state index contributed by atoms with van der Waals surface area (Å²) in [7, 11) is 0. The molecule has 2 heterocycles. The molecule has 2 aromatic rings. The van der Waals surface area contributed by atoms with Crippen molar-refractivity contribution in [1.82, 2.24) is 9.55 Å². The molecule has 0 aromatic carbocycles. The lowest BCUT2D eigenvalue weighted by Crippen LogP contribution is -2.27. The van der Waals surface area contributed by atoms with Gasteiger partial charge in [0.2, 0.25) is 5.91 Å². The Balaban J connectivity index is 2.09. The first kappa shape index (κ1) is 19.4. The molecular weight excluding hydrogens is 366 g/mol. The molecule has 1 atom stereocenters. The highest BCUT2D eigenvalue weighted by Crippen LogP contribution is 2.42. The van der Waals surface area contributed by atoms with Gasteiger partial charge in [-0.2, -0.15) is 0 Å². The highest BCUT2D eigenvalue weighted by molar-refractivity contribution is 7.99. The summed E-state index contributed by atoms with van der Waals surface area (Å²) in [5.41, 5.74) is 6.79. The number of nitrogens with two attached hydrogens (primary N) is 1. The molecule has 1 amide bonds. The van der Waals surface area contributed by atoms with Crippen LogP contribution in [0.1, 0.15) is 51.0 Å². The van der Waals surface area contributed by atoms with E-state index in [-0.39, 0.29) is 16.7 Å². The highest BCUT2D eigenvalue weighted by atomic mass is 32.2. The molecule has 26 heavy (non-hydrogen) atoms. The minimum Gasteiger partial charge on any atom is -0.369 e. The Labute approximate surface area is 162 Å². The third-order valence-corrected chi connectivity index (χ3v) is 7.30. The van der Waals surface area contributed by atoms with E-state index in [1.807, 2.05) is 6.92 Å². The fourth-order valence-electron chi connectivity index (χ4n) is 3.65. The second-order valence-corrected chi connectivity index (χ2v) is 10.1. The predicted octanol–water partition coefficient (Wildman–Crippen LogP) is 3.60. The van der Waals surface area contributed by atoms with Crippen molar-refractivity contribution in [3.8, 4) is 0 Å². The molecule has 142 valence electrons. The average Bonchev–Trinajstić information content (AvgIpc) is 2.92. The number of rotatable bonds is 5. The summed E-state index contributed by atoms with van der Waals surface area (Å²) in [6.45, 7) is 9.53. The molecule has 7 heteroatoms. The summed E-state index contributed by atoms with van der Waals surface area (Å²) >= 11 is 2.91. The summed E-state index contributed by atoms with van der Waals surface area (Å²) in [5, 5.41) is 1.41. The molecule has 0 saturated carbocycles. The lowest BCUT2D eigenvalue weighted by Gasteiger charge is -2.33. The van der Waals surface area contributed by atoms with E-state index in [1.165, 1.54) is 22.2 Å². The highest BCUT2D eigenvalue weighted by Gasteiger charge is 2.32. The third-order valence-electron chi connectivity index (χ3n) is 5.15. The molecule has 5 nitrogen and oxygen atoms in total. The van der Waals surface area contributed by atoms with Gasteiger partial charge in [-0.25, -0.2) is 4.98 Å². The van der Waals surface area contributed by atoms with Crippen LogP contribution in [0.3, 0.4) is 0 Å². The van der Waals surface area contributed by atoms with Crippen molar-refractivity contribution >= 4 is 39.2 Å². The Bertz CT molecular complexity index is 893. The van der Waals surface area contributed by atoms with Crippen LogP contribution in [0.15, 0.2) is 9.95 Å². The van der Waals surface area contributed by atoms with Gasteiger partial charge >= 0.3 is 0 Å². The predicted molar refractivity (Wildman–Crippen MR) is 109 cm³/mol. The van der Waals surface area contributed by atoms with Gasteiger partial charge in [-0.15, -0.1) is 11.3 Å². The van der Waals surface area contributed by atoms with E-state index in [4.69, 9.17) is 10.7 Å². The maximum absolute atomic E-state index is 13.2. The van der Waals surface area contributed by atoms with Crippen LogP contribution in [0.25, 0.3) is 10.2 Å². The number of fused-ring (bicyclic) bond motifs is 3. The number of hydrogen-bond donors (Lipinski definition) is 1. The summed E-state index contributed by atoms with van der Waals surface area (Å²) < 4.78 is 1.72. The van der Waals surface area contributed by atoms with E-state index < -0.39 is 5.91 Å². The molecule has 0 fully saturated rings. The fraction of sp³-hybridized carbons (Fsp3) is 0.632. The Morgan fingerprint density at radius 3 is 2.77 bits per heavy atom. The van der Waals surface area contributed by atoms with Gasteiger partial charge in [-0.3, -0.25) is 14.2 Å². The molecular formula is C19H27N3O2S2. The maximum atomic E-state index is 13.2. The SMILES string of the molecule is CCCn1c(SCC(N)=O)nc2sc3c(c2c1=O)CC[C@@H](C(C)(C)C)C3. The first-order chi connectivity index (χ1) is 12.2. The van der Waals surface area contributed by atoms with Gasteiger partial charge in [0.15, 0.2) is 5.16 Å². The van der Waals surface area contributed by atoms with Crippen LogP contribution in [0, 0.1) is 11.3 Å². The Hall–Kier alpha value is -1.34. The number of thioether (sulfide) groups is 1. The number of nitrogens with zero attached hydrogens (tertiary/aromatic N) is 2. The first-order valence-electron chi connectivity index (χ1n) is 9.18. The monoisotopic (exact) mass is 393 g/mol. The second-order valence-electron chi connectivity index (χ2n) is 8.10. The van der Waals surface area contributed by atoms with E-state index >= 15 is 0 Å². The summed E-state index contributed by atoms with van der Waals surface area (Å²) in [6, 6.07) is 0. The zero-order valence-electron chi connectivity index (χ0n) is 15.9. The first-order valence-corrected chi connectivity index (χ1v) is 11.0. The minimum absolute atomic E-state index is 0.0375. The molecule has 0 aliphatic heterocycles. The van der Waals surface area contributed by atoms with Crippen LogP contribution >= 0.6 is 23.1 Å². The topological polar surface area (TPSA) is 78.0 Å². The number of carbonyl (C=O) groups excluding carboxylic acids is 1. The van der Waals surface area contributed by atoms with Gasteiger partial charge < -0.3 is 5.73 Å².